The van der Waals surface area contributed by atoms with E-state index in [1.165, 1.54) is 0 Å². The number of aliphatic hydroxyl groups excluding tert-OH is 1. The van der Waals surface area contributed by atoms with E-state index in [0.29, 0.717) is 12.3 Å². The van der Waals surface area contributed by atoms with Gasteiger partial charge in [-0.1, -0.05) is 32.0 Å². The van der Waals surface area contributed by atoms with Gasteiger partial charge in [-0.3, -0.25) is 9.69 Å². The van der Waals surface area contributed by atoms with Crippen molar-refractivity contribution in [2.75, 3.05) is 32.7 Å². The van der Waals surface area contributed by atoms with Crippen molar-refractivity contribution in [3.63, 3.8) is 0 Å². The minimum absolute atomic E-state index is 0.0442. The normalized spacial score (nSPS) is 17.8. The maximum atomic E-state index is 12.0. The van der Waals surface area contributed by atoms with E-state index < -0.39 is 6.10 Å². The first-order valence-electron chi connectivity index (χ1n) is 8.22. The number of carbonyl (C=O) groups excluding carboxylic acids is 1. The summed E-state index contributed by atoms with van der Waals surface area (Å²) in [4.78, 5) is 16.1. The molecule has 0 spiro atoms. The lowest BCUT2D eigenvalue weighted by molar-refractivity contribution is -0.136. The number of benzene rings is 1. The molecule has 1 aliphatic heterocycles. The average molecular weight is 316 g/mol. The van der Waals surface area contributed by atoms with Crippen LogP contribution >= 0.6 is 0 Å². The molecule has 1 N–H and O–H groups in total. The van der Waals surface area contributed by atoms with Gasteiger partial charge < -0.3 is 14.4 Å². The highest BCUT2D eigenvalue weighted by Gasteiger charge is 2.25. The molecule has 5 heteroatoms. The zero-order valence-electron chi connectivity index (χ0n) is 13.7. The molecule has 0 aliphatic carbocycles. The third-order valence-corrected chi connectivity index (χ3v) is 4.38. The summed E-state index contributed by atoms with van der Waals surface area (Å²) in [5.74, 6) is 0.858. The summed E-state index contributed by atoms with van der Waals surface area (Å²) in [6.07, 6.45) is -0.644. The van der Waals surface area contributed by atoms with Crippen LogP contribution in [0.15, 0.2) is 34.7 Å². The lowest BCUT2D eigenvalue weighted by Crippen LogP contribution is -2.50. The lowest BCUT2D eigenvalue weighted by Gasteiger charge is -2.36. The summed E-state index contributed by atoms with van der Waals surface area (Å²) >= 11 is 0. The molecule has 23 heavy (non-hydrogen) atoms. The standard InChI is InChI=1S/C18H24N2O3/c1-13(2)18(22)20-9-7-19(8-10-20)12-15(21)17-11-14-5-3-4-6-16(14)23-17/h3-6,11,13,15,21H,7-10,12H2,1-2H3/t15-/m1/s1. The SMILES string of the molecule is CC(C)C(=O)N1CCN(C[C@@H](O)c2cc3ccccc3o2)CC1. The molecule has 2 aromatic rings. The number of aliphatic hydroxyl groups is 1. The van der Waals surface area contributed by atoms with E-state index in [0.717, 1.165) is 37.1 Å². The number of β-amino-alcohol motifs (C(OH)–C–C–N with tert-alkyl or cyclic N) is 1. The van der Waals surface area contributed by atoms with Gasteiger partial charge in [0.05, 0.1) is 0 Å². The fraction of sp³-hybridized carbons (Fsp3) is 0.500. The van der Waals surface area contributed by atoms with Crippen molar-refractivity contribution >= 4 is 16.9 Å². The van der Waals surface area contributed by atoms with Crippen LogP contribution < -0.4 is 0 Å². The number of hydrogen-bond donors (Lipinski definition) is 1. The Kier molecular flexibility index (Phi) is 4.68. The van der Waals surface area contributed by atoms with E-state index in [1.54, 1.807) is 0 Å². The maximum absolute atomic E-state index is 12.0. The van der Waals surface area contributed by atoms with Gasteiger partial charge in [0.1, 0.15) is 17.4 Å². The molecule has 124 valence electrons. The van der Waals surface area contributed by atoms with Crippen molar-refractivity contribution in [1.82, 2.24) is 9.80 Å². The number of para-hydroxylation sites is 1. The number of carbonyl (C=O) groups is 1. The van der Waals surface area contributed by atoms with Crippen molar-refractivity contribution in [2.24, 2.45) is 5.92 Å². The Morgan fingerprint density at radius 1 is 1.22 bits per heavy atom. The van der Waals surface area contributed by atoms with Gasteiger partial charge in [-0.25, -0.2) is 0 Å². The van der Waals surface area contributed by atoms with Crippen molar-refractivity contribution in [3.05, 3.63) is 36.1 Å². The van der Waals surface area contributed by atoms with Gasteiger partial charge in [0.2, 0.25) is 5.91 Å². The zero-order chi connectivity index (χ0) is 16.4. The zero-order valence-corrected chi connectivity index (χ0v) is 13.7. The van der Waals surface area contributed by atoms with Gasteiger partial charge in [-0.05, 0) is 12.1 Å². The van der Waals surface area contributed by atoms with Crippen LogP contribution in [0.2, 0.25) is 0 Å². The molecule has 3 rings (SSSR count). The van der Waals surface area contributed by atoms with Crippen LogP contribution in [0.5, 0.6) is 0 Å². The van der Waals surface area contributed by atoms with E-state index in [4.69, 9.17) is 4.42 Å². The Balaban J connectivity index is 1.57. The fourth-order valence-corrected chi connectivity index (χ4v) is 3.02. The Hall–Kier alpha value is -1.85. The molecule has 0 radical (unpaired) electrons. The highest BCUT2D eigenvalue weighted by molar-refractivity contribution is 5.78. The monoisotopic (exact) mass is 316 g/mol. The Bertz CT molecular complexity index is 639. The summed E-state index contributed by atoms with van der Waals surface area (Å²) in [6.45, 7) is 7.42. The molecule has 1 aromatic carbocycles. The van der Waals surface area contributed by atoms with Gasteiger partial charge in [0, 0.05) is 44.0 Å². The fourth-order valence-electron chi connectivity index (χ4n) is 3.02. The number of fused-ring (bicyclic) bond motifs is 1. The predicted octanol–water partition coefficient (Wildman–Crippen LogP) is 2.27. The van der Waals surface area contributed by atoms with Crippen LogP contribution in [0.1, 0.15) is 25.7 Å². The van der Waals surface area contributed by atoms with Crippen LogP contribution in [0.4, 0.5) is 0 Å². The number of rotatable bonds is 4. The van der Waals surface area contributed by atoms with Crippen molar-refractivity contribution < 1.29 is 14.3 Å². The molecular formula is C18H24N2O3. The minimum Gasteiger partial charge on any atom is -0.458 e. The van der Waals surface area contributed by atoms with Crippen LogP contribution in [0.3, 0.4) is 0 Å². The number of furan rings is 1. The third kappa shape index (κ3) is 3.57. The van der Waals surface area contributed by atoms with E-state index in [9.17, 15) is 9.90 Å². The maximum Gasteiger partial charge on any atom is 0.225 e. The molecule has 0 bridgehead atoms. The van der Waals surface area contributed by atoms with E-state index in [2.05, 4.69) is 4.90 Å². The second kappa shape index (κ2) is 6.72. The molecule has 5 nitrogen and oxygen atoms in total. The van der Waals surface area contributed by atoms with Crippen LogP contribution in [-0.2, 0) is 4.79 Å². The third-order valence-electron chi connectivity index (χ3n) is 4.38. The number of nitrogens with zero attached hydrogens (tertiary/aromatic N) is 2. The van der Waals surface area contributed by atoms with Gasteiger partial charge in [-0.15, -0.1) is 0 Å². The first kappa shape index (κ1) is 16.0. The molecular weight excluding hydrogens is 292 g/mol. The second-order valence-electron chi connectivity index (χ2n) is 6.48. The van der Waals surface area contributed by atoms with E-state index in [1.807, 2.05) is 49.1 Å². The summed E-state index contributed by atoms with van der Waals surface area (Å²) < 4.78 is 5.72. The van der Waals surface area contributed by atoms with E-state index >= 15 is 0 Å². The number of hydrogen-bond acceptors (Lipinski definition) is 4. The summed E-state index contributed by atoms with van der Waals surface area (Å²) in [7, 11) is 0. The number of piperazine rings is 1. The topological polar surface area (TPSA) is 56.9 Å². The average Bonchev–Trinajstić information content (AvgIpc) is 2.99. The first-order valence-corrected chi connectivity index (χ1v) is 8.22. The molecule has 1 fully saturated rings. The number of amides is 1. The predicted molar refractivity (Wildman–Crippen MR) is 89.0 cm³/mol. The van der Waals surface area contributed by atoms with Crippen molar-refractivity contribution in [2.45, 2.75) is 20.0 Å². The first-order chi connectivity index (χ1) is 11.0. The smallest absolute Gasteiger partial charge is 0.225 e. The Morgan fingerprint density at radius 2 is 1.91 bits per heavy atom. The summed E-state index contributed by atoms with van der Waals surface area (Å²) in [5, 5.41) is 11.4. The van der Waals surface area contributed by atoms with Gasteiger partial charge >= 0.3 is 0 Å². The van der Waals surface area contributed by atoms with Gasteiger partial charge in [0.15, 0.2) is 0 Å². The lowest BCUT2D eigenvalue weighted by atomic mass is 10.1. The Morgan fingerprint density at radius 3 is 2.57 bits per heavy atom. The molecule has 0 saturated carbocycles. The van der Waals surface area contributed by atoms with Crippen LogP contribution in [0.25, 0.3) is 11.0 Å². The van der Waals surface area contributed by atoms with E-state index in [-0.39, 0.29) is 11.8 Å². The molecule has 1 saturated heterocycles. The minimum atomic E-state index is -0.644. The molecule has 1 aliphatic rings. The largest absolute Gasteiger partial charge is 0.458 e. The highest BCUT2D eigenvalue weighted by atomic mass is 16.4. The summed E-state index contributed by atoms with van der Waals surface area (Å²) in [5.41, 5.74) is 0.800. The van der Waals surface area contributed by atoms with Crippen LogP contribution in [0, 0.1) is 5.92 Å². The second-order valence-corrected chi connectivity index (χ2v) is 6.48. The molecule has 1 amide bonds. The highest BCUT2D eigenvalue weighted by Crippen LogP contribution is 2.24. The molecule has 2 heterocycles. The molecule has 0 unspecified atom stereocenters. The van der Waals surface area contributed by atoms with Crippen LogP contribution in [-0.4, -0.2) is 53.5 Å². The van der Waals surface area contributed by atoms with Crippen molar-refractivity contribution in [1.29, 1.82) is 0 Å². The quantitative estimate of drug-likeness (QED) is 0.940. The van der Waals surface area contributed by atoms with Gasteiger partial charge in [-0.2, -0.15) is 0 Å². The Labute approximate surface area is 136 Å². The molecule has 1 aromatic heterocycles. The van der Waals surface area contributed by atoms with Gasteiger partial charge in [0.25, 0.3) is 0 Å². The summed E-state index contributed by atoms with van der Waals surface area (Å²) in [6, 6.07) is 9.66. The van der Waals surface area contributed by atoms with Crippen molar-refractivity contribution in [3.8, 4) is 0 Å². The molecule has 1 atom stereocenters.